The molecule has 0 saturated heterocycles. The maximum absolute atomic E-state index is 11.5. The summed E-state index contributed by atoms with van der Waals surface area (Å²) in [6.45, 7) is 8.88. The van der Waals surface area contributed by atoms with Crippen LogP contribution in [0.1, 0.15) is 39.3 Å². The molecule has 0 saturated carbocycles. The summed E-state index contributed by atoms with van der Waals surface area (Å²) in [5.41, 5.74) is 1.14. The normalized spacial score (nSPS) is 13.9. The number of ether oxygens (including phenoxy) is 1. The largest absolute Gasteiger partial charge is 0.493 e. The Balaban J connectivity index is 2.57. The summed E-state index contributed by atoms with van der Waals surface area (Å²) in [6.07, 6.45) is 0. The van der Waals surface area contributed by atoms with E-state index in [0.29, 0.717) is 5.92 Å². The van der Waals surface area contributed by atoms with E-state index in [1.807, 2.05) is 38.1 Å². The van der Waals surface area contributed by atoms with Gasteiger partial charge in [0.15, 0.2) is 0 Å². The SMILES string of the molecule is CNC(=O)C(C)NC(C)c1ccc(OCC(C)C)cc1. The van der Waals surface area contributed by atoms with Crippen LogP contribution in [0.2, 0.25) is 0 Å². The first kappa shape index (κ1) is 16.5. The van der Waals surface area contributed by atoms with Crippen LogP contribution in [0.25, 0.3) is 0 Å². The van der Waals surface area contributed by atoms with Gasteiger partial charge in [-0.05, 0) is 37.5 Å². The Morgan fingerprint density at radius 1 is 1.15 bits per heavy atom. The second-order valence-corrected chi connectivity index (χ2v) is 5.50. The molecule has 0 aliphatic heterocycles. The van der Waals surface area contributed by atoms with Crippen molar-refractivity contribution in [3.05, 3.63) is 29.8 Å². The number of amides is 1. The minimum Gasteiger partial charge on any atom is -0.493 e. The highest BCUT2D eigenvalue weighted by molar-refractivity contribution is 5.80. The third-order valence-corrected chi connectivity index (χ3v) is 3.10. The number of hydrogen-bond donors (Lipinski definition) is 2. The van der Waals surface area contributed by atoms with Crippen LogP contribution in [-0.4, -0.2) is 25.6 Å². The summed E-state index contributed by atoms with van der Waals surface area (Å²) in [4.78, 5) is 11.5. The topological polar surface area (TPSA) is 50.4 Å². The molecule has 2 unspecified atom stereocenters. The Kier molecular flexibility index (Phi) is 6.52. The third kappa shape index (κ3) is 5.21. The van der Waals surface area contributed by atoms with E-state index >= 15 is 0 Å². The number of nitrogens with one attached hydrogen (secondary N) is 2. The third-order valence-electron chi connectivity index (χ3n) is 3.10. The Morgan fingerprint density at radius 3 is 2.25 bits per heavy atom. The quantitative estimate of drug-likeness (QED) is 0.805. The molecule has 112 valence electrons. The summed E-state index contributed by atoms with van der Waals surface area (Å²) in [5, 5.41) is 5.90. The van der Waals surface area contributed by atoms with E-state index in [2.05, 4.69) is 24.5 Å². The molecule has 2 N–H and O–H groups in total. The first-order chi connectivity index (χ1) is 9.43. The molecule has 1 aromatic rings. The smallest absolute Gasteiger partial charge is 0.236 e. The van der Waals surface area contributed by atoms with Crippen molar-refractivity contribution >= 4 is 5.91 Å². The van der Waals surface area contributed by atoms with Gasteiger partial charge in [-0.2, -0.15) is 0 Å². The van der Waals surface area contributed by atoms with Crippen LogP contribution in [0, 0.1) is 5.92 Å². The van der Waals surface area contributed by atoms with E-state index in [1.54, 1.807) is 7.05 Å². The molecule has 1 aromatic carbocycles. The zero-order valence-corrected chi connectivity index (χ0v) is 13.1. The molecular formula is C16H26N2O2. The molecule has 0 spiro atoms. The fraction of sp³-hybridized carbons (Fsp3) is 0.562. The fourth-order valence-electron chi connectivity index (χ4n) is 1.88. The predicted molar refractivity (Wildman–Crippen MR) is 81.9 cm³/mol. The molecule has 0 bridgehead atoms. The van der Waals surface area contributed by atoms with Crippen molar-refractivity contribution in [2.45, 2.75) is 39.8 Å². The Bertz CT molecular complexity index is 415. The van der Waals surface area contributed by atoms with Gasteiger partial charge in [-0.3, -0.25) is 10.1 Å². The summed E-state index contributed by atoms with van der Waals surface area (Å²) < 4.78 is 5.65. The van der Waals surface area contributed by atoms with Gasteiger partial charge in [0.05, 0.1) is 12.6 Å². The van der Waals surface area contributed by atoms with Crippen LogP contribution in [0.4, 0.5) is 0 Å². The number of carbonyl (C=O) groups is 1. The molecule has 0 aliphatic carbocycles. The standard InChI is InChI=1S/C16H26N2O2/c1-11(2)10-20-15-8-6-14(7-9-15)12(3)18-13(4)16(19)17-5/h6-9,11-13,18H,10H2,1-5H3,(H,17,19). The lowest BCUT2D eigenvalue weighted by Gasteiger charge is -2.19. The Hall–Kier alpha value is -1.55. The van der Waals surface area contributed by atoms with E-state index in [4.69, 9.17) is 4.74 Å². The number of rotatable bonds is 7. The van der Waals surface area contributed by atoms with Gasteiger partial charge in [0.1, 0.15) is 5.75 Å². The van der Waals surface area contributed by atoms with Crippen molar-refractivity contribution in [3.63, 3.8) is 0 Å². The van der Waals surface area contributed by atoms with Crippen LogP contribution in [-0.2, 0) is 4.79 Å². The van der Waals surface area contributed by atoms with Gasteiger partial charge >= 0.3 is 0 Å². The maximum Gasteiger partial charge on any atom is 0.236 e. The van der Waals surface area contributed by atoms with Gasteiger partial charge in [-0.1, -0.05) is 26.0 Å². The van der Waals surface area contributed by atoms with Crippen molar-refractivity contribution in [1.29, 1.82) is 0 Å². The number of hydrogen-bond acceptors (Lipinski definition) is 3. The molecule has 0 aromatic heterocycles. The van der Waals surface area contributed by atoms with Gasteiger partial charge in [-0.25, -0.2) is 0 Å². The minimum atomic E-state index is -0.216. The fourth-order valence-corrected chi connectivity index (χ4v) is 1.88. The lowest BCUT2D eigenvalue weighted by atomic mass is 10.1. The van der Waals surface area contributed by atoms with Crippen LogP contribution in [0.15, 0.2) is 24.3 Å². The van der Waals surface area contributed by atoms with Crippen LogP contribution in [0.5, 0.6) is 5.75 Å². The highest BCUT2D eigenvalue weighted by Crippen LogP contribution is 2.18. The second-order valence-electron chi connectivity index (χ2n) is 5.50. The second kappa shape index (κ2) is 7.90. The zero-order chi connectivity index (χ0) is 15.1. The molecule has 20 heavy (non-hydrogen) atoms. The average molecular weight is 278 g/mol. The molecule has 1 rings (SSSR count). The molecule has 0 radical (unpaired) electrons. The number of benzene rings is 1. The molecule has 4 nitrogen and oxygen atoms in total. The lowest BCUT2D eigenvalue weighted by molar-refractivity contribution is -0.122. The monoisotopic (exact) mass is 278 g/mol. The van der Waals surface area contributed by atoms with Crippen LogP contribution < -0.4 is 15.4 Å². The van der Waals surface area contributed by atoms with Crippen molar-refractivity contribution in [3.8, 4) is 5.75 Å². The molecule has 0 aliphatic rings. The summed E-state index contributed by atoms with van der Waals surface area (Å²) >= 11 is 0. The van der Waals surface area contributed by atoms with E-state index in [0.717, 1.165) is 17.9 Å². The van der Waals surface area contributed by atoms with Gasteiger partial charge < -0.3 is 10.1 Å². The van der Waals surface area contributed by atoms with Gasteiger partial charge in [0.25, 0.3) is 0 Å². The van der Waals surface area contributed by atoms with Crippen LogP contribution >= 0.6 is 0 Å². The number of carbonyl (C=O) groups excluding carboxylic acids is 1. The van der Waals surface area contributed by atoms with Crippen molar-refractivity contribution in [2.24, 2.45) is 5.92 Å². The first-order valence-electron chi connectivity index (χ1n) is 7.14. The highest BCUT2D eigenvalue weighted by atomic mass is 16.5. The molecule has 2 atom stereocenters. The van der Waals surface area contributed by atoms with Crippen molar-refractivity contribution in [1.82, 2.24) is 10.6 Å². The van der Waals surface area contributed by atoms with E-state index < -0.39 is 0 Å². The van der Waals surface area contributed by atoms with Gasteiger partial charge in [0.2, 0.25) is 5.91 Å². The van der Waals surface area contributed by atoms with E-state index in [1.165, 1.54) is 0 Å². The number of likely N-dealkylation sites (N-methyl/N-ethyl adjacent to an activating group) is 1. The summed E-state index contributed by atoms with van der Waals surface area (Å²) in [5.74, 6) is 1.39. The van der Waals surface area contributed by atoms with Gasteiger partial charge in [-0.15, -0.1) is 0 Å². The maximum atomic E-state index is 11.5. The average Bonchev–Trinajstić information content (AvgIpc) is 2.44. The van der Waals surface area contributed by atoms with Crippen molar-refractivity contribution < 1.29 is 9.53 Å². The minimum absolute atomic E-state index is 0.00580. The zero-order valence-electron chi connectivity index (χ0n) is 13.1. The van der Waals surface area contributed by atoms with Crippen LogP contribution in [0.3, 0.4) is 0 Å². The molecule has 1 amide bonds. The summed E-state index contributed by atoms with van der Waals surface area (Å²) in [7, 11) is 1.64. The van der Waals surface area contributed by atoms with Crippen molar-refractivity contribution in [2.75, 3.05) is 13.7 Å². The van der Waals surface area contributed by atoms with Gasteiger partial charge in [0, 0.05) is 13.1 Å². The van der Waals surface area contributed by atoms with E-state index in [9.17, 15) is 4.79 Å². The predicted octanol–water partition coefficient (Wildman–Crippen LogP) is 2.51. The summed E-state index contributed by atoms with van der Waals surface area (Å²) in [6, 6.07) is 7.91. The highest BCUT2D eigenvalue weighted by Gasteiger charge is 2.14. The molecular weight excluding hydrogens is 252 g/mol. The molecule has 0 fully saturated rings. The first-order valence-corrected chi connectivity index (χ1v) is 7.14. The lowest BCUT2D eigenvalue weighted by Crippen LogP contribution is -2.41. The molecule has 0 heterocycles. The van der Waals surface area contributed by atoms with E-state index in [-0.39, 0.29) is 18.0 Å². The Labute approximate surface area is 121 Å². The molecule has 4 heteroatoms. The Morgan fingerprint density at radius 2 is 1.75 bits per heavy atom.